The van der Waals surface area contributed by atoms with Crippen LogP contribution in [0.5, 0.6) is 5.75 Å². The molecule has 0 spiro atoms. The molecule has 1 atom stereocenters. The summed E-state index contributed by atoms with van der Waals surface area (Å²) >= 11 is 0. The highest BCUT2D eigenvalue weighted by atomic mass is 16.5. The van der Waals surface area contributed by atoms with E-state index in [2.05, 4.69) is 10.6 Å². The summed E-state index contributed by atoms with van der Waals surface area (Å²) in [6, 6.07) is 7.35. The minimum Gasteiger partial charge on any atom is -0.493 e. The fourth-order valence-electron chi connectivity index (χ4n) is 2.56. The van der Waals surface area contributed by atoms with Gasteiger partial charge in [-0.3, -0.25) is 4.79 Å². The number of nitrogens with one attached hydrogen (secondary N) is 2. The highest BCUT2D eigenvalue weighted by Gasteiger charge is 2.22. The van der Waals surface area contributed by atoms with Crippen LogP contribution in [0, 0.1) is 0 Å². The van der Waals surface area contributed by atoms with Crippen molar-refractivity contribution in [3.05, 3.63) is 29.8 Å². The lowest BCUT2D eigenvalue weighted by Crippen LogP contribution is -2.32. The van der Waals surface area contributed by atoms with E-state index < -0.39 is 6.03 Å². The van der Waals surface area contributed by atoms with Gasteiger partial charge in [-0.05, 0) is 18.9 Å². The Bertz CT molecular complexity index is 519. The molecule has 6 nitrogen and oxygen atoms in total. The third kappa shape index (κ3) is 4.95. The first-order valence-electron chi connectivity index (χ1n) is 7.71. The number of benzene rings is 1. The van der Waals surface area contributed by atoms with Gasteiger partial charge in [0.1, 0.15) is 5.75 Å². The molecule has 120 valence electrons. The van der Waals surface area contributed by atoms with Gasteiger partial charge in [0.25, 0.3) is 0 Å². The summed E-state index contributed by atoms with van der Waals surface area (Å²) < 4.78 is 5.58. The summed E-state index contributed by atoms with van der Waals surface area (Å²) in [7, 11) is 0. The Morgan fingerprint density at radius 3 is 2.86 bits per heavy atom. The van der Waals surface area contributed by atoms with Crippen LogP contribution in [0.15, 0.2) is 24.3 Å². The number of ether oxygens (including phenoxy) is 1. The number of amides is 3. The number of hydrogen-bond donors (Lipinski definition) is 3. The Hall–Kier alpha value is -2.24. The molecule has 1 aromatic carbocycles. The summed E-state index contributed by atoms with van der Waals surface area (Å²) in [6.07, 6.45) is 3.81. The Morgan fingerprint density at radius 1 is 1.23 bits per heavy atom. The van der Waals surface area contributed by atoms with Gasteiger partial charge in [0, 0.05) is 24.9 Å². The van der Waals surface area contributed by atoms with Crippen LogP contribution in [-0.2, 0) is 4.79 Å². The Morgan fingerprint density at radius 2 is 2.05 bits per heavy atom. The average Bonchev–Trinajstić information content (AvgIpc) is 2.51. The zero-order chi connectivity index (χ0) is 15.8. The second-order valence-electron chi connectivity index (χ2n) is 5.40. The van der Waals surface area contributed by atoms with Crippen molar-refractivity contribution in [3.63, 3.8) is 0 Å². The fourth-order valence-corrected chi connectivity index (χ4v) is 2.56. The highest BCUT2D eigenvalue weighted by Crippen LogP contribution is 2.31. The van der Waals surface area contributed by atoms with Crippen LogP contribution in [0.4, 0.5) is 4.79 Å². The molecule has 6 heteroatoms. The van der Waals surface area contributed by atoms with Gasteiger partial charge >= 0.3 is 6.03 Å². The molecular weight excluding hydrogens is 282 g/mol. The van der Waals surface area contributed by atoms with Crippen molar-refractivity contribution in [2.24, 2.45) is 5.73 Å². The van der Waals surface area contributed by atoms with Crippen LogP contribution in [0.1, 0.15) is 43.7 Å². The van der Waals surface area contributed by atoms with Crippen LogP contribution in [-0.4, -0.2) is 25.1 Å². The average molecular weight is 305 g/mol. The molecule has 0 fully saturated rings. The quantitative estimate of drug-likeness (QED) is 0.671. The minimum atomic E-state index is -0.504. The van der Waals surface area contributed by atoms with Crippen molar-refractivity contribution in [2.45, 2.75) is 38.1 Å². The second-order valence-corrected chi connectivity index (χ2v) is 5.40. The predicted octanol–water partition coefficient (Wildman–Crippen LogP) is 1.86. The predicted molar refractivity (Wildman–Crippen MR) is 83.5 cm³/mol. The van der Waals surface area contributed by atoms with Crippen LogP contribution < -0.4 is 21.1 Å². The van der Waals surface area contributed by atoms with E-state index in [9.17, 15) is 9.59 Å². The maximum absolute atomic E-state index is 12.0. The first-order valence-corrected chi connectivity index (χ1v) is 7.71. The van der Waals surface area contributed by atoms with Crippen LogP contribution in [0.2, 0.25) is 0 Å². The lowest BCUT2D eigenvalue weighted by molar-refractivity contribution is -0.122. The normalized spacial score (nSPS) is 16.3. The van der Waals surface area contributed by atoms with Crippen molar-refractivity contribution in [1.82, 2.24) is 10.6 Å². The molecule has 0 aromatic heterocycles. The number of urea groups is 1. The fraction of sp³-hybridized carbons (Fsp3) is 0.500. The van der Waals surface area contributed by atoms with Crippen molar-refractivity contribution < 1.29 is 14.3 Å². The lowest BCUT2D eigenvalue weighted by Gasteiger charge is -2.26. The van der Waals surface area contributed by atoms with Crippen LogP contribution in [0.25, 0.3) is 0 Å². The first-order chi connectivity index (χ1) is 10.7. The Labute approximate surface area is 130 Å². The van der Waals surface area contributed by atoms with Crippen LogP contribution >= 0.6 is 0 Å². The largest absolute Gasteiger partial charge is 0.493 e. The van der Waals surface area contributed by atoms with E-state index in [1.165, 1.54) is 0 Å². The summed E-state index contributed by atoms with van der Waals surface area (Å²) in [6.45, 7) is 1.19. The van der Waals surface area contributed by atoms with Crippen LogP contribution in [0.3, 0.4) is 0 Å². The number of unbranched alkanes of at least 4 members (excludes halogenated alkanes) is 2. The van der Waals surface area contributed by atoms with Gasteiger partial charge in [-0.1, -0.05) is 24.6 Å². The van der Waals surface area contributed by atoms with E-state index >= 15 is 0 Å². The van der Waals surface area contributed by atoms with Crippen molar-refractivity contribution in [3.8, 4) is 5.75 Å². The van der Waals surface area contributed by atoms with E-state index in [4.69, 9.17) is 10.5 Å². The smallest absolute Gasteiger partial charge is 0.312 e. The number of primary amides is 1. The summed E-state index contributed by atoms with van der Waals surface area (Å²) in [5.74, 6) is 0.918. The minimum absolute atomic E-state index is 0.0361. The summed E-state index contributed by atoms with van der Waals surface area (Å²) in [5.41, 5.74) is 6.02. The van der Waals surface area contributed by atoms with Crippen molar-refractivity contribution >= 4 is 11.9 Å². The molecule has 0 saturated heterocycles. The van der Waals surface area contributed by atoms with Gasteiger partial charge in [-0.25, -0.2) is 4.79 Å². The molecule has 0 saturated carbocycles. The lowest BCUT2D eigenvalue weighted by atomic mass is 10.0. The van der Waals surface area contributed by atoms with Gasteiger partial charge in [0.15, 0.2) is 0 Å². The molecule has 1 heterocycles. The zero-order valence-electron chi connectivity index (χ0n) is 12.6. The Kier molecular flexibility index (Phi) is 6.06. The molecule has 4 N–H and O–H groups in total. The maximum atomic E-state index is 12.0. The molecule has 1 aliphatic heterocycles. The maximum Gasteiger partial charge on any atom is 0.312 e. The molecule has 1 aliphatic rings. The summed E-state index contributed by atoms with van der Waals surface area (Å²) in [5, 5.41) is 5.61. The molecular formula is C16H23N3O3. The van der Waals surface area contributed by atoms with E-state index in [-0.39, 0.29) is 11.9 Å². The second kappa shape index (κ2) is 8.26. The van der Waals surface area contributed by atoms with Gasteiger partial charge in [-0.15, -0.1) is 0 Å². The number of fused-ring (bicyclic) bond motifs is 1. The monoisotopic (exact) mass is 305 g/mol. The zero-order valence-corrected chi connectivity index (χ0v) is 12.6. The molecule has 3 amide bonds. The van der Waals surface area contributed by atoms with E-state index in [0.717, 1.165) is 37.0 Å². The molecule has 0 bridgehead atoms. The molecule has 0 unspecified atom stereocenters. The van der Waals surface area contributed by atoms with E-state index in [0.29, 0.717) is 19.6 Å². The van der Waals surface area contributed by atoms with Crippen molar-refractivity contribution in [2.75, 3.05) is 13.2 Å². The number of para-hydroxylation sites is 1. The molecule has 22 heavy (non-hydrogen) atoms. The van der Waals surface area contributed by atoms with Crippen molar-refractivity contribution in [1.29, 1.82) is 0 Å². The number of hydrogen-bond acceptors (Lipinski definition) is 3. The third-order valence-electron chi connectivity index (χ3n) is 3.67. The standard InChI is InChI=1S/C16H23N3O3/c17-16(21)18-10-5-1-2-8-15(20)19-13-9-11-22-14-7-4-3-6-12(13)14/h3-4,6-7,13H,1-2,5,8-11H2,(H,19,20)(H3,17,18,21)/t13-/m1/s1. The number of rotatable bonds is 7. The SMILES string of the molecule is NC(=O)NCCCCCC(=O)N[C@@H]1CCOc2ccccc21. The van der Waals surface area contributed by atoms with Gasteiger partial charge in [-0.2, -0.15) is 0 Å². The molecule has 1 aromatic rings. The summed E-state index contributed by atoms with van der Waals surface area (Å²) in [4.78, 5) is 22.5. The highest BCUT2D eigenvalue weighted by molar-refractivity contribution is 5.76. The Balaban J connectivity index is 1.69. The van der Waals surface area contributed by atoms with Gasteiger partial charge in [0.2, 0.25) is 5.91 Å². The number of carbonyl (C=O) groups is 2. The topological polar surface area (TPSA) is 93.5 Å². The molecule has 2 rings (SSSR count). The first kappa shape index (κ1) is 16.1. The van der Waals surface area contributed by atoms with E-state index in [1.807, 2.05) is 24.3 Å². The van der Waals surface area contributed by atoms with Gasteiger partial charge < -0.3 is 21.1 Å². The molecule has 0 aliphatic carbocycles. The van der Waals surface area contributed by atoms with Gasteiger partial charge in [0.05, 0.1) is 12.6 Å². The molecule has 0 radical (unpaired) electrons. The third-order valence-corrected chi connectivity index (χ3v) is 3.67. The number of nitrogens with two attached hydrogens (primary N) is 1. The van der Waals surface area contributed by atoms with E-state index in [1.54, 1.807) is 0 Å². The number of carbonyl (C=O) groups excluding carboxylic acids is 2.